The average Bonchev–Trinajstić information content (AvgIpc) is 2.15. The molecule has 0 saturated carbocycles. The maximum absolute atomic E-state index is 13.8. The SMILES string of the molecule is CCC(C)(C)C(=O)OC(C)C(F)(F)S(=P)(=P)P. The number of hydrogen-bond donors (Lipinski definition) is 0. The van der Waals surface area contributed by atoms with Crippen LogP contribution in [0.4, 0.5) is 8.78 Å². The second-order valence-electron chi connectivity index (χ2n) is 4.51. The van der Waals surface area contributed by atoms with E-state index in [0.29, 0.717) is 6.42 Å². The van der Waals surface area contributed by atoms with Crippen molar-refractivity contribution in [3.8, 4) is 0 Å². The van der Waals surface area contributed by atoms with Gasteiger partial charge >= 0.3 is 11.2 Å². The summed E-state index contributed by atoms with van der Waals surface area (Å²) in [6.45, 7) is 6.34. The normalized spacial score (nSPS) is 15.5. The van der Waals surface area contributed by atoms with Crippen molar-refractivity contribution in [1.29, 1.82) is 0 Å². The molecule has 0 saturated heterocycles. The van der Waals surface area contributed by atoms with Crippen LogP contribution < -0.4 is 0 Å². The third-order valence-corrected chi connectivity index (χ3v) is 6.39. The van der Waals surface area contributed by atoms with E-state index in [1.807, 2.05) is 15.4 Å². The standard InChI is InChI=1S/C9H19F2O2P3S/c1-5-8(3,4)7(12)13-6(2)9(10,11)17(14,15)16/h6,14-15H,5,16H2,1-4H3. The van der Waals surface area contributed by atoms with Gasteiger partial charge in [-0.15, -0.1) is 0 Å². The molecule has 2 nitrogen and oxygen atoms in total. The van der Waals surface area contributed by atoms with Crippen LogP contribution >= 0.6 is 24.5 Å². The summed E-state index contributed by atoms with van der Waals surface area (Å²) in [5.74, 6) is -0.612. The van der Waals surface area contributed by atoms with Gasteiger partial charge in [-0.3, -0.25) is 4.79 Å². The van der Waals surface area contributed by atoms with E-state index in [2.05, 4.69) is 16.0 Å². The van der Waals surface area contributed by atoms with E-state index < -0.39 is 30.7 Å². The summed E-state index contributed by atoms with van der Waals surface area (Å²) in [6, 6.07) is 0. The predicted molar refractivity (Wildman–Crippen MR) is 78.3 cm³/mol. The smallest absolute Gasteiger partial charge is 0.329 e. The van der Waals surface area contributed by atoms with Crippen LogP contribution in [0.25, 0.3) is 0 Å². The third-order valence-electron chi connectivity index (χ3n) is 2.62. The maximum atomic E-state index is 13.8. The van der Waals surface area contributed by atoms with E-state index in [-0.39, 0.29) is 0 Å². The molecule has 2 atom stereocenters. The van der Waals surface area contributed by atoms with Gasteiger partial charge in [-0.05, 0) is 27.2 Å². The first-order chi connectivity index (χ1) is 7.36. The van der Waals surface area contributed by atoms with Crippen LogP contribution in [0.1, 0.15) is 34.1 Å². The van der Waals surface area contributed by atoms with Gasteiger partial charge in [0.25, 0.3) is 0 Å². The minimum absolute atomic E-state index is 0.532. The molecule has 0 aliphatic carbocycles. The first kappa shape index (κ1) is 17.7. The Hall–Kier alpha value is 0.710. The van der Waals surface area contributed by atoms with E-state index in [4.69, 9.17) is 4.74 Å². The summed E-state index contributed by atoms with van der Waals surface area (Å²) in [5, 5.41) is -3.18. The molecule has 0 N–H and O–H groups in total. The van der Waals surface area contributed by atoms with Gasteiger partial charge in [0.05, 0.1) is 5.41 Å². The van der Waals surface area contributed by atoms with Crippen LogP contribution in [-0.4, -0.2) is 17.3 Å². The van der Waals surface area contributed by atoms with E-state index in [9.17, 15) is 13.6 Å². The fraction of sp³-hybridized carbons (Fsp3) is 0.889. The summed E-state index contributed by atoms with van der Waals surface area (Å²) >= 11 is 0. The van der Waals surface area contributed by atoms with Crippen LogP contribution in [0.2, 0.25) is 0 Å². The first-order valence-electron chi connectivity index (χ1n) is 5.05. The van der Waals surface area contributed by atoms with Gasteiger partial charge in [0.1, 0.15) is 0 Å². The monoisotopic (exact) mass is 322 g/mol. The molecule has 0 aromatic rings. The molecule has 0 aromatic carbocycles. The van der Waals surface area contributed by atoms with Crippen molar-refractivity contribution in [1.82, 2.24) is 0 Å². The molecule has 2 unspecified atom stereocenters. The highest BCUT2D eigenvalue weighted by Crippen LogP contribution is 2.39. The number of rotatable bonds is 5. The largest absolute Gasteiger partial charge is 0.455 e. The number of carbonyl (C=O) groups is 1. The van der Waals surface area contributed by atoms with Crippen molar-refractivity contribution in [3.63, 3.8) is 0 Å². The van der Waals surface area contributed by atoms with Crippen LogP contribution in [0, 0.1) is 5.41 Å². The lowest BCUT2D eigenvalue weighted by Gasteiger charge is -2.30. The quantitative estimate of drug-likeness (QED) is 0.565. The molecule has 0 fully saturated rings. The second-order valence-corrected chi connectivity index (χ2v) is 16.4. The summed E-state index contributed by atoms with van der Waals surface area (Å²) in [7, 11) is 5.28. The number of carbonyl (C=O) groups excluding carboxylic acids is 1. The predicted octanol–water partition coefficient (Wildman–Crippen LogP) is 4.01. The van der Waals surface area contributed by atoms with Gasteiger partial charge in [-0.1, -0.05) is 39.4 Å². The fourth-order valence-corrected chi connectivity index (χ4v) is 2.94. The number of hydrogen-bond acceptors (Lipinski definition) is 2. The van der Waals surface area contributed by atoms with Gasteiger partial charge in [0, 0.05) is 0 Å². The van der Waals surface area contributed by atoms with Crippen molar-refractivity contribution >= 4 is 38.4 Å². The molecule has 0 aliphatic rings. The van der Waals surface area contributed by atoms with Crippen molar-refractivity contribution in [2.75, 3.05) is 0 Å². The molecular weight excluding hydrogens is 303 g/mol. The van der Waals surface area contributed by atoms with Crippen LogP contribution in [0.3, 0.4) is 0 Å². The number of alkyl halides is 2. The van der Waals surface area contributed by atoms with Gasteiger partial charge in [0.2, 0.25) is 0 Å². The van der Waals surface area contributed by atoms with Crippen LogP contribution in [-0.2, 0) is 17.5 Å². The Kier molecular flexibility index (Phi) is 6.02. The first-order valence-corrected chi connectivity index (χ1v) is 10.6. The highest BCUT2D eigenvalue weighted by atomic mass is 33.1. The maximum Gasteiger partial charge on any atom is 0.329 e. The summed E-state index contributed by atoms with van der Waals surface area (Å²) in [5.41, 5.74) is -0.749. The number of ether oxygens (including phenoxy) is 1. The molecule has 0 aromatic heterocycles. The molecule has 0 bridgehead atoms. The van der Waals surface area contributed by atoms with Gasteiger partial charge in [-0.2, -0.15) is 8.78 Å². The Balaban J connectivity index is 4.91. The lowest BCUT2D eigenvalue weighted by molar-refractivity contribution is -0.168. The van der Waals surface area contributed by atoms with Crippen LogP contribution in [0.5, 0.6) is 0 Å². The molecule has 17 heavy (non-hydrogen) atoms. The lowest BCUT2D eigenvalue weighted by Crippen LogP contribution is -2.40. The average molecular weight is 322 g/mol. The fourth-order valence-electron chi connectivity index (χ4n) is 0.795. The highest BCUT2D eigenvalue weighted by molar-refractivity contribution is 8.68. The minimum atomic E-state index is -3.18. The molecule has 0 amide bonds. The molecular formula is C9H19F2O2P3S. The zero-order chi connectivity index (χ0) is 14.1. The highest BCUT2D eigenvalue weighted by Gasteiger charge is 2.44. The zero-order valence-electron chi connectivity index (χ0n) is 10.3. The van der Waals surface area contributed by atoms with E-state index in [0.717, 1.165) is 0 Å². The number of halogens is 2. The lowest BCUT2D eigenvalue weighted by atomic mass is 9.91. The Morgan fingerprint density at radius 3 is 2.18 bits per heavy atom. The van der Waals surface area contributed by atoms with E-state index in [1.54, 1.807) is 13.8 Å². The van der Waals surface area contributed by atoms with E-state index >= 15 is 0 Å². The molecule has 102 valence electrons. The minimum Gasteiger partial charge on any atom is -0.455 e. The molecule has 8 heteroatoms. The molecule has 0 aliphatic heterocycles. The molecule has 0 radical (unpaired) electrons. The Morgan fingerprint density at radius 2 is 1.88 bits per heavy atom. The molecule has 0 heterocycles. The second kappa shape index (κ2) is 5.78. The summed E-state index contributed by atoms with van der Waals surface area (Å²) in [4.78, 5) is 11.7. The van der Waals surface area contributed by atoms with Crippen molar-refractivity contribution in [2.24, 2.45) is 5.41 Å². The zero-order valence-corrected chi connectivity index (χ0v) is 14.3. The topological polar surface area (TPSA) is 26.3 Å². The van der Waals surface area contributed by atoms with Gasteiger partial charge < -0.3 is 4.74 Å². The van der Waals surface area contributed by atoms with Crippen molar-refractivity contribution in [2.45, 2.75) is 45.5 Å². The Labute approximate surface area is 108 Å². The van der Waals surface area contributed by atoms with Crippen molar-refractivity contribution < 1.29 is 18.3 Å². The Morgan fingerprint density at radius 1 is 1.47 bits per heavy atom. The van der Waals surface area contributed by atoms with Gasteiger partial charge in [0.15, 0.2) is 6.10 Å². The summed E-state index contributed by atoms with van der Waals surface area (Å²) < 4.78 is 32.5. The molecule has 0 rings (SSSR count). The number of esters is 1. The van der Waals surface area contributed by atoms with Crippen molar-refractivity contribution in [3.05, 3.63) is 0 Å². The van der Waals surface area contributed by atoms with E-state index in [1.165, 1.54) is 6.92 Å². The van der Waals surface area contributed by atoms with Gasteiger partial charge in [-0.25, -0.2) is 0 Å². The third kappa shape index (κ3) is 4.39. The van der Waals surface area contributed by atoms with Crippen LogP contribution in [0.15, 0.2) is 0 Å². The summed E-state index contributed by atoms with van der Waals surface area (Å²) in [6.07, 6.45) is -0.964. The Bertz CT molecular complexity index is 393. The molecule has 0 spiro atoms.